The molecule has 128 valence electrons. The Kier molecular flexibility index (Phi) is 8.54. The third kappa shape index (κ3) is 4.73. The van der Waals surface area contributed by atoms with Gasteiger partial charge in [0, 0.05) is 0 Å². The summed E-state index contributed by atoms with van der Waals surface area (Å²) in [5.41, 5.74) is -1.44. The number of rotatable bonds is 13. The quantitative estimate of drug-likeness (QED) is 0.520. The number of ether oxygens (including phenoxy) is 2. The fourth-order valence-corrected chi connectivity index (χ4v) is 2.51. The zero-order chi connectivity index (χ0) is 16.4. The van der Waals surface area contributed by atoms with Crippen LogP contribution in [0.5, 0.6) is 0 Å². The summed E-state index contributed by atoms with van der Waals surface area (Å²) in [7, 11) is 0. The molecule has 0 radical (unpaired) electrons. The Morgan fingerprint density at radius 3 is 2.05 bits per heavy atom. The highest BCUT2D eigenvalue weighted by Crippen LogP contribution is 2.40. The minimum absolute atomic E-state index is 0.252. The first-order chi connectivity index (χ1) is 10.6. The van der Waals surface area contributed by atoms with E-state index in [0.29, 0.717) is 25.4 Å². The van der Waals surface area contributed by atoms with Gasteiger partial charge in [-0.15, -0.1) is 0 Å². The van der Waals surface area contributed by atoms with Crippen LogP contribution in [0.25, 0.3) is 0 Å². The topological polar surface area (TPSA) is 55.8 Å². The Bertz CT molecular complexity index is 375. The van der Waals surface area contributed by atoms with E-state index in [1.54, 1.807) is 0 Å². The highest BCUT2D eigenvalue weighted by Gasteiger charge is 2.55. The van der Waals surface area contributed by atoms with E-state index in [4.69, 9.17) is 9.47 Å². The molecule has 22 heavy (non-hydrogen) atoms. The molecule has 4 nitrogen and oxygen atoms in total. The second kappa shape index (κ2) is 9.88. The van der Waals surface area contributed by atoms with Gasteiger partial charge in [-0.05, 0) is 25.7 Å². The van der Waals surface area contributed by atoms with Crippen molar-refractivity contribution in [3.63, 3.8) is 0 Å². The maximum Gasteiger partial charge on any atom is 0.240 e. The number of hydrogen-bond donors (Lipinski definition) is 1. The summed E-state index contributed by atoms with van der Waals surface area (Å²) in [4.78, 5) is 12.3. The molecule has 0 fully saturated rings. The average Bonchev–Trinajstić information content (AvgIpc) is 2.53. The Balaban J connectivity index is 2.66. The first kappa shape index (κ1) is 19.0. The molecule has 1 unspecified atom stereocenters. The van der Waals surface area contributed by atoms with Gasteiger partial charge < -0.3 is 14.6 Å². The van der Waals surface area contributed by atoms with Crippen molar-refractivity contribution in [2.75, 3.05) is 13.2 Å². The van der Waals surface area contributed by atoms with E-state index in [1.807, 2.05) is 0 Å². The Labute approximate surface area is 134 Å². The van der Waals surface area contributed by atoms with Crippen LogP contribution in [0.4, 0.5) is 0 Å². The molecule has 0 aromatic rings. The highest BCUT2D eigenvalue weighted by molar-refractivity contribution is 6.10. The fraction of sp³-hybridized carbons (Fsp3) is 0.833. The number of carbonyl (C=O) groups is 1. The van der Waals surface area contributed by atoms with E-state index < -0.39 is 5.60 Å². The van der Waals surface area contributed by atoms with Gasteiger partial charge in [0.15, 0.2) is 11.4 Å². The lowest BCUT2D eigenvalue weighted by Crippen LogP contribution is -2.52. The standard InChI is InChI=1S/C18H32O4/c1-4-7-10-11-12-18(20)16(19)15(21-13-8-5-2)17(18)22-14-9-6-3/h20H,4-14H2,1-3H3. The lowest BCUT2D eigenvalue weighted by molar-refractivity contribution is -0.148. The molecule has 0 aromatic carbocycles. The van der Waals surface area contributed by atoms with Gasteiger partial charge in [0.05, 0.1) is 13.2 Å². The Hall–Kier alpha value is -1.03. The van der Waals surface area contributed by atoms with Crippen molar-refractivity contribution >= 4 is 5.78 Å². The van der Waals surface area contributed by atoms with Crippen molar-refractivity contribution in [2.45, 2.75) is 84.2 Å². The number of ketones is 1. The van der Waals surface area contributed by atoms with Crippen LogP contribution >= 0.6 is 0 Å². The lowest BCUT2D eigenvalue weighted by atomic mass is 9.78. The van der Waals surface area contributed by atoms with Crippen LogP contribution in [-0.4, -0.2) is 29.7 Å². The van der Waals surface area contributed by atoms with Crippen LogP contribution in [0.3, 0.4) is 0 Å². The van der Waals surface area contributed by atoms with Gasteiger partial charge in [0.1, 0.15) is 0 Å². The van der Waals surface area contributed by atoms with Gasteiger partial charge in [-0.25, -0.2) is 0 Å². The van der Waals surface area contributed by atoms with E-state index >= 15 is 0 Å². The number of Topliss-reactive ketones (excluding diaryl/α,β-unsaturated/α-hetero) is 1. The first-order valence-corrected chi connectivity index (χ1v) is 8.89. The van der Waals surface area contributed by atoms with Gasteiger partial charge in [0.2, 0.25) is 11.5 Å². The van der Waals surface area contributed by atoms with Gasteiger partial charge in [-0.2, -0.15) is 0 Å². The van der Waals surface area contributed by atoms with Gasteiger partial charge in [-0.3, -0.25) is 4.79 Å². The summed E-state index contributed by atoms with van der Waals surface area (Å²) in [6.45, 7) is 7.32. The molecule has 0 aliphatic heterocycles. The van der Waals surface area contributed by atoms with E-state index in [9.17, 15) is 9.90 Å². The van der Waals surface area contributed by atoms with Crippen molar-refractivity contribution in [1.29, 1.82) is 0 Å². The largest absolute Gasteiger partial charge is 0.490 e. The molecule has 0 saturated carbocycles. The smallest absolute Gasteiger partial charge is 0.240 e. The lowest BCUT2D eigenvalue weighted by Gasteiger charge is -2.38. The van der Waals surface area contributed by atoms with Crippen LogP contribution in [-0.2, 0) is 14.3 Å². The van der Waals surface area contributed by atoms with E-state index in [1.165, 1.54) is 0 Å². The second-order valence-electron chi connectivity index (χ2n) is 6.06. The van der Waals surface area contributed by atoms with E-state index in [2.05, 4.69) is 20.8 Å². The van der Waals surface area contributed by atoms with Crippen LogP contribution < -0.4 is 0 Å². The summed E-state index contributed by atoms with van der Waals surface area (Å²) >= 11 is 0. The molecule has 0 spiro atoms. The average molecular weight is 312 g/mol. The van der Waals surface area contributed by atoms with Gasteiger partial charge >= 0.3 is 0 Å². The van der Waals surface area contributed by atoms with Crippen molar-refractivity contribution in [3.05, 3.63) is 11.5 Å². The van der Waals surface area contributed by atoms with Crippen LogP contribution in [0.15, 0.2) is 11.5 Å². The number of carbonyl (C=O) groups excluding carboxylic acids is 1. The summed E-state index contributed by atoms with van der Waals surface area (Å²) in [6.07, 6.45) is 8.39. The van der Waals surface area contributed by atoms with Crippen LogP contribution in [0.2, 0.25) is 0 Å². The highest BCUT2D eigenvalue weighted by atomic mass is 16.5. The maximum absolute atomic E-state index is 12.3. The third-order valence-electron chi connectivity index (χ3n) is 4.04. The van der Waals surface area contributed by atoms with Crippen molar-refractivity contribution < 1.29 is 19.4 Å². The molecule has 4 heteroatoms. The minimum atomic E-state index is -1.44. The van der Waals surface area contributed by atoms with E-state index in [0.717, 1.165) is 51.4 Å². The van der Waals surface area contributed by atoms with Crippen molar-refractivity contribution in [2.24, 2.45) is 0 Å². The predicted octanol–water partition coefficient (Wildman–Crippen LogP) is 4.12. The normalized spacial score (nSPS) is 21.0. The number of unbranched alkanes of at least 4 members (excludes halogenated alkanes) is 5. The van der Waals surface area contributed by atoms with Crippen LogP contribution in [0, 0.1) is 0 Å². The van der Waals surface area contributed by atoms with Gasteiger partial charge in [-0.1, -0.05) is 52.9 Å². The summed E-state index contributed by atoms with van der Waals surface area (Å²) < 4.78 is 11.2. The van der Waals surface area contributed by atoms with Crippen LogP contribution in [0.1, 0.15) is 78.6 Å². The molecule has 0 saturated heterocycles. The molecular formula is C18H32O4. The molecule has 1 aliphatic carbocycles. The number of hydrogen-bond acceptors (Lipinski definition) is 4. The molecule has 1 rings (SSSR count). The molecule has 1 atom stereocenters. The van der Waals surface area contributed by atoms with E-state index in [-0.39, 0.29) is 11.5 Å². The fourth-order valence-electron chi connectivity index (χ4n) is 2.51. The Morgan fingerprint density at radius 2 is 1.45 bits per heavy atom. The van der Waals surface area contributed by atoms with Crippen molar-refractivity contribution in [1.82, 2.24) is 0 Å². The zero-order valence-electron chi connectivity index (χ0n) is 14.5. The van der Waals surface area contributed by atoms with Crippen molar-refractivity contribution in [3.8, 4) is 0 Å². The third-order valence-corrected chi connectivity index (χ3v) is 4.04. The Morgan fingerprint density at radius 1 is 0.864 bits per heavy atom. The maximum atomic E-state index is 12.3. The number of aliphatic hydroxyl groups is 1. The second-order valence-corrected chi connectivity index (χ2v) is 6.06. The zero-order valence-corrected chi connectivity index (χ0v) is 14.5. The SMILES string of the molecule is CCCCCCC1(O)C(=O)C(OCCCC)=C1OCCCC. The molecule has 0 heterocycles. The molecular weight excluding hydrogens is 280 g/mol. The molecule has 1 aliphatic rings. The van der Waals surface area contributed by atoms with Gasteiger partial charge in [0.25, 0.3) is 0 Å². The summed E-state index contributed by atoms with van der Waals surface area (Å²) in [5.74, 6) is 0.327. The molecule has 0 bridgehead atoms. The summed E-state index contributed by atoms with van der Waals surface area (Å²) in [5, 5.41) is 10.7. The first-order valence-electron chi connectivity index (χ1n) is 8.89. The molecule has 1 N–H and O–H groups in total. The monoisotopic (exact) mass is 312 g/mol. The molecule has 0 aromatic heterocycles. The predicted molar refractivity (Wildman–Crippen MR) is 87.5 cm³/mol. The summed E-state index contributed by atoms with van der Waals surface area (Å²) in [6, 6.07) is 0. The minimum Gasteiger partial charge on any atom is -0.490 e. The molecule has 0 amide bonds.